The molecule has 0 atom stereocenters. The van der Waals surface area contributed by atoms with Crippen LogP contribution in [0.2, 0.25) is 0 Å². The SMILES string of the molecule is CCOC(=O)Nc1ccc2nc(S(N)(=O)=O)sc2c1. The van der Waals surface area contributed by atoms with E-state index in [1.54, 1.807) is 25.1 Å². The van der Waals surface area contributed by atoms with E-state index in [0.717, 1.165) is 11.3 Å². The van der Waals surface area contributed by atoms with Gasteiger partial charge in [0.1, 0.15) is 0 Å². The Morgan fingerprint density at radius 3 is 2.89 bits per heavy atom. The maximum Gasteiger partial charge on any atom is 0.411 e. The minimum absolute atomic E-state index is 0.157. The fourth-order valence-electron chi connectivity index (χ4n) is 1.39. The number of ether oxygens (including phenoxy) is 1. The van der Waals surface area contributed by atoms with Gasteiger partial charge in [0.15, 0.2) is 0 Å². The van der Waals surface area contributed by atoms with Crippen LogP contribution in [0.4, 0.5) is 10.5 Å². The van der Waals surface area contributed by atoms with Crippen LogP contribution in [0, 0.1) is 0 Å². The third-order valence-corrected chi connectivity index (χ3v) is 4.47. The molecule has 0 bridgehead atoms. The van der Waals surface area contributed by atoms with Crippen LogP contribution < -0.4 is 10.5 Å². The lowest BCUT2D eigenvalue weighted by Crippen LogP contribution is -2.12. The van der Waals surface area contributed by atoms with Gasteiger partial charge in [0.05, 0.1) is 16.8 Å². The summed E-state index contributed by atoms with van der Waals surface area (Å²) in [7, 11) is -3.81. The smallest absolute Gasteiger partial charge is 0.411 e. The van der Waals surface area contributed by atoms with E-state index < -0.39 is 16.1 Å². The number of thiazole rings is 1. The van der Waals surface area contributed by atoms with E-state index in [1.165, 1.54) is 0 Å². The van der Waals surface area contributed by atoms with Crippen molar-refractivity contribution in [3.63, 3.8) is 0 Å². The van der Waals surface area contributed by atoms with Crippen LogP contribution >= 0.6 is 11.3 Å². The standard InChI is InChI=1S/C10H11N3O4S2/c1-2-17-9(14)12-6-3-4-7-8(5-6)18-10(13-7)19(11,15)16/h3-5H,2H2,1H3,(H,12,14)(H2,11,15,16). The largest absolute Gasteiger partial charge is 0.450 e. The molecule has 1 aromatic carbocycles. The van der Waals surface area contributed by atoms with Gasteiger partial charge in [0.25, 0.3) is 10.0 Å². The first-order chi connectivity index (χ1) is 8.90. The number of nitrogens with two attached hydrogens (primary N) is 1. The second-order valence-electron chi connectivity index (χ2n) is 3.55. The van der Waals surface area contributed by atoms with Crippen molar-refractivity contribution in [1.82, 2.24) is 4.98 Å². The molecule has 102 valence electrons. The average Bonchev–Trinajstić information content (AvgIpc) is 2.71. The predicted octanol–water partition coefficient (Wildman–Crippen LogP) is 1.51. The summed E-state index contributed by atoms with van der Waals surface area (Å²) < 4.78 is 27.6. The van der Waals surface area contributed by atoms with Gasteiger partial charge in [-0.15, -0.1) is 11.3 Å². The molecular formula is C10H11N3O4S2. The summed E-state index contributed by atoms with van der Waals surface area (Å²) in [4.78, 5) is 15.2. The van der Waals surface area contributed by atoms with Gasteiger partial charge in [-0.3, -0.25) is 5.32 Å². The Labute approximate surface area is 113 Å². The fourth-order valence-corrected chi connectivity index (χ4v) is 3.08. The molecular weight excluding hydrogens is 290 g/mol. The summed E-state index contributed by atoms with van der Waals surface area (Å²) in [6.07, 6.45) is -0.571. The van der Waals surface area contributed by atoms with Crippen LogP contribution in [0.1, 0.15) is 6.92 Å². The zero-order valence-electron chi connectivity index (χ0n) is 9.91. The second kappa shape index (κ2) is 5.11. The van der Waals surface area contributed by atoms with E-state index in [4.69, 9.17) is 9.88 Å². The lowest BCUT2D eigenvalue weighted by Gasteiger charge is -2.04. The Kier molecular flexibility index (Phi) is 3.69. The number of hydrogen-bond donors (Lipinski definition) is 2. The number of benzene rings is 1. The minimum Gasteiger partial charge on any atom is -0.450 e. The number of nitrogens with zero attached hydrogens (tertiary/aromatic N) is 1. The van der Waals surface area contributed by atoms with Gasteiger partial charge in [0.2, 0.25) is 4.34 Å². The van der Waals surface area contributed by atoms with Gasteiger partial charge in [0, 0.05) is 5.69 Å². The normalized spacial score (nSPS) is 11.5. The first-order valence-electron chi connectivity index (χ1n) is 5.27. The van der Waals surface area contributed by atoms with E-state index in [9.17, 15) is 13.2 Å². The molecule has 1 amide bonds. The fraction of sp³-hybridized carbons (Fsp3) is 0.200. The number of aromatic nitrogens is 1. The highest BCUT2D eigenvalue weighted by atomic mass is 32.2. The number of fused-ring (bicyclic) bond motifs is 1. The van der Waals surface area contributed by atoms with E-state index in [-0.39, 0.29) is 10.9 Å². The van der Waals surface area contributed by atoms with Gasteiger partial charge in [-0.1, -0.05) is 0 Å². The van der Waals surface area contributed by atoms with Crippen LogP contribution in [-0.4, -0.2) is 26.1 Å². The molecule has 0 spiro atoms. The number of hydrogen-bond acceptors (Lipinski definition) is 6. The third kappa shape index (κ3) is 3.19. The zero-order valence-corrected chi connectivity index (χ0v) is 11.5. The lowest BCUT2D eigenvalue weighted by atomic mass is 10.3. The van der Waals surface area contributed by atoms with Crippen molar-refractivity contribution >= 4 is 43.4 Å². The van der Waals surface area contributed by atoms with Crippen molar-refractivity contribution in [1.29, 1.82) is 0 Å². The summed E-state index contributed by atoms with van der Waals surface area (Å²) >= 11 is 0.943. The first-order valence-corrected chi connectivity index (χ1v) is 7.63. The number of primary sulfonamides is 1. The molecule has 7 nitrogen and oxygen atoms in total. The van der Waals surface area contributed by atoms with Crippen molar-refractivity contribution in [2.75, 3.05) is 11.9 Å². The maximum atomic E-state index is 11.3. The van der Waals surface area contributed by atoms with Gasteiger partial charge < -0.3 is 4.74 Å². The molecule has 0 aliphatic heterocycles. The number of amides is 1. The number of sulfonamides is 1. The zero-order chi connectivity index (χ0) is 14.0. The van der Waals surface area contributed by atoms with Crippen molar-refractivity contribution in [2.45, 2.75) is 11.3 Å². The molecule has 2 aromatic rings. The molecule has 0 unspecified atom stereocenters. The second-order valence-corrected chi connectivity index (χ2v) is 6.32. The predicted molar refractivity (Wildman–Crippen MR) is 71.6 cm³/mol. The van der Waals surface area contributed by atoms with E-state index in [1.807, 2.05) is 0 Å². The summed E-state index contributed by atoms with van der Waals surface area (Å²) in [5.74, 6) is 0. The highest BCUT2D eigenvalue weighted by Crippen LogP contribution is 2.27. The summed E-state index contributed by atoms with van der Waals surface area (Å²) in [6, 6.07) is 4.81. The van der Waals surface area contributed by atoms with Crippen LogP contribution in [0.15, 0.2) is 22.5 Å². The quantitative estimate of drug-likeness (QED) is 0.892. The van der Waals surface area contributed by atoms with Crippen LogP contribution in [0.25, 0.3) is 10.2 Å². The number of anilines is 1. The Morgan fingerprint density at radius 1 is 1.53 bits per heavy atom. The van der Waals surface area contributed by atoms with Crippen LogP contribution in [0.3, 0.4) is 0 Å². The molecule has 2 rings (SSSR count). The van der Waals surface area contributed by atoms with E-state index in [0.29, 0.717) is 15.9 Å². The molecule has 19 heavy (non-hydrogen) atoms. The molecule has 1 aromatic heterocycles. The first kappa shape index (κ1) is 13.7. The van der Waals surface area contributed by atoms with Crippen LogP contribution in [-0.2, 0) is 14.8 Å². The number of nitrogens with one attached hydrogen (secondary N) is 1. The Balaban J connectivity index is 2.33. The average molecular weight is 301 g/mol. The molecule has 3 N–H and O–H groups in total. The highest BCUT2D eigenvalue weighted by Gasteiger charge is 2.14. The van der Waals surface area contributed by atoms with Crippen molar-refractivity contribution in [3.05, 3.63) is 18.2 Å². The third-order valence-electron chi connectivity index (χ3n) is 2.13. The monoisotopic (exact) mass is 301 g/mol. The van der Waals surface area contributed by atoms with Crippen molar-refractivity contribution in [3.8, 4) is 0 Å². The Hall–Kier alpha value is -1.71. The molecule has 1 heterocycles. The van der Waals surface area contributed by atoms with Crippen LogP contribution in [0.5, 0.6) is 0 Å². The van der Waals surface area contributed by atoms with Gasteiger partial charge >= 0.3 is 6.09 Å². The Morgan fingerprint density at radius 2 is 2.26 bits per heavy atom. The maximum absolute atomic E-state index is 11.3. The molecule has 0 aliphatic rings. The molecule has 0 saturated heterocycles. The number of rotatable bonds is 3. The highest BCUT2D eigenvalue weighted by molar-refractivity contribution is 7.91. The van der Waals surface area contributed by atoms with E-state index >= 15 is 0 Å². The molecule has 0 radical (unpaired) electrons. The summed E-state index contributed by atoms with van der Waals surface area (Å²) in [5.41, 5.74) is 0.999. The molecule has 0 saturated carbocycles. The molecule has 0 fully saturated rings. The lowest BCUT2D eigenvalue weighted by molar-refractivity contribution is 0.168. The summed E-state index contributed by atoms with van der Waals surface area (Å²) in [6.45, 7) is 1.97. The summed E-state index contributed by atoms with van der Waals surface area (Å²) in [5, 5.41) is 7.53. The van der Waals surface area contributed by atoms with Gasteiger partial charge in [-0.2, -0.15) is 0 Å². The van der Waals surface area contributed by atoms with Crippen molar-refractivity contribution in [2.24, 2.45) is 5.14 Å². The van der Waals surface area contributed by atoms with E-state index in [2.05, 4.69) is 10.3 Å². The number of carbonyl (C=O) groups is 1. The van der Waals surface area contributed by atoms with Gasteiger partial charge in [-0.05, 0) is 25.1 Å². The number of carbonyl (C=O) groups excluding carboxylic acids is 1. The minimum atomic E-state index is -3.81. The van der Waals surface area contributed by atoms with Crippen molar-refractivity contribution < 1.29 is 17.9 Å². The van der Waals surface area contributed by atoms with Gasteiger partial charge in [-0.25, -0.2) is 23.3 Å². The molecule has 0 aliphatic carbocycles. The molecule has 9 heteroatoms. The Bertz CT molecular complexity index is 723. The topological polar surface area (TPSA) is 111 Å².